The highest BCUT2D eigenvalue weighted by atomic mass is 16.5. The zero-order valence-electron chi connectivity index (χ0n) is 6.97. The average molecular weight is 142 g/mol. The lowest BCUT2D eigenvalue weighted by molar-refractivity contribution is -0.136. The van der Waals surface area contributed by atoms with Crippen LogP contribution in [0.3, 0.4) is 0 Å². The van der Waals surface area contributed by atoms with Gasteiger partial charge in [0.25, 0.3) is 0 Å². The van der Waals surface area contributed by atoms with Gasteiger partial charge in [-0.15, -0.1) is 0 Å². The van der Waals surface area contributed by atoms with Crippen LogP contribution in [0.15, 0.2) is 11.8 Å². The van der Waals surface area contributed by atoms with Crippen LogP contribution in [0.5, 0.6) is 0 Å². The number of hydrogen-bond donors (Lipinski definition) is 0. The fraction of sp³-hybridized carbons (Fsp3) is 0.625. The highest BCUT2D eigenvalue weighted by Gasteiger charge is 1.95. The van der Waals surface area contributed by atoms with Gasteiger partial charge >= 0.3 is 5.97 Å². The Hall–Kier alpha value is -0.790. The van der Waals surface area contributed by atoms with E-state index >= 15 is 0 Å². The van der Waals surface area contributed by atoms with E-state index in [4.69, 9.17) is 4.74 Å². The van der Waals surface area contributed by atoms with Crippen molar-refractivity contribution >= 4 is 5.97 Å². The van der Waals surface area contributed by atoms with Crippen LogP contribution in [-0.4, -0.2) is 5.97 Å². The van der Waals surface area contributed by atoms with E-state index in [1.54, 1.807) is 6.92 Å². The van der Waals surface area contributed by atoms with E-state index < -0.39 is 0 Å². The molecule has 10 heavy (non-hydrogen) atoms. The van der Waals surface area contributed by atoms with Gasteiger partial charge in [-0.05, 0) is 18.9 Å². The summed E-state index contributed by atoms with van der Waals surface area (Å²) in [6, 6.07) is 0. The maximum absolute atomic E-state index is 10.4. The monoisotopic (exact) mass is 142 g/mol. The van der Waals surface area contributed by atoms with Gasteiger partial charge in [-0.2, -0.15) is 0 Å². The maximum atomic E-state index is 10.4. The molecular weight excluding hydrogens is 128 g/mol. The molecule has 0 unspecified atom stereocenters. The van der Waals surface area contributed by atoms with Gasteiger partial charge in [0, 0.05) is 6.92 Å². The van der Waals surface area contributed by atoms with Crippen molar-refractivity contribution < 1.29 is 9.53 Å². The van der Waals surface area contributed by atoms with Crippen molar-refractivity contribution in [3.63, 3.8) is 0 Å². The Bertz CT molecular complexity index is 145. The van der Waals surface area contributed by atoms with Crippen LogP contribution in [0, 0.1) is 5.92 Å². The lowest BCUT2D eigenvalue weighted by atomic mass is 10.2. The van der Waals surface area contributed by atoms with Crippen molar-refractivity contribution in [3.05, 3.63) is 11.8 Å². The summed E-state index contributed by atoms with van der Waals surface area (Å²) in [4.78, 5) is 10.4. The number of hydrogen-bond acceptors (Lipinski definition) is 2. The van der Waals surface area contributed by atoms with Gasteiger partial charge in [0.05, 0.1) is 0 Å². The molecule has 0 aromatic heterocycles. The Morgan fingerprint density at radius 1 is 1.40 bits per heavy atom. The second-order valence-electron chi connectivity index (χ2n) is 2.61. The van der Waals surface area contributed by atoms with Gasteiger partial charge in [-0.3, -0.25) is 4.79 Å². The first-order valence-corrected chi connectivity index (χ1v) is 3.39. The first-order valence-electron chi connectivity index (χ1n) is 3.39. The van der Waals surface area contributed by atoms with Crippen LogP contribution >= 0.6 is 0 Å². The molecule has 0 saturated carbocycles. The van der Waals surface area contributed by atoms with Gasteiger partial charge in [0.2, 0.25) is 0 Å². The summed E-state index contributed by atoms with van der Waals surface area (Å²) in [5.74, 6) is 0.858. The molecule has 0 bridgehead atoms. The number of ether oxygens (including phenoxy) is 1. The maximum Gasteiger partial charge on any atom is 0.307 e. The van der Waals surface area contributed by atoms with Crippen LogP contribution in [-0.2, 0) is 9.53 Å². The highest BCUT2D eigenvalue weighted by Crippen LogP contribution is 2.02. The summed E-state index contributed by atoms with van der Waals surface area (Å²) in [6.07, 6.45) is 1.90. The Morgan fingerprint density at radius 2 is 1.90 bits per heavy atom. The van der Waals surface area contributed by atoms with Crippen LogP contribution in [0.25, 0.3) is 0 Å². The zero-order chi connectivity index (χ0) is 8.15. The third kappa shape index (κ3) is 5.35. The van der Waals surface area contributed by atoms with Gasteiger partial charge in [-0.1, -0.05) is 13.8 Å². The van der Waals surface area contributed by atoms with Crippen molar-refractivity contribution in [1.82, 2.24) is 0 Å². The highest BCUT2D eigenvalue weighted by molar-refractivity contribution is 5.67. The standard InChI is InChI=1S/C8H14O2/c1-6(2)5-7(3)10-8(4)9/h5-6H,1-4H3. The quantitative estimate of drug-likeness (QED) is 0.436. The third-order valence-corrected chi connectivity index (χ3v) is 0.873. The van der Waals surface area contributed by atoms with E-state index in [-0.39, 0.29) is 5.97 Å². The van der Waals surface area contributed by atoms with Gasteiger partial charge in [0.15, 0.2) is 0 Å². The predicted octanol–water partition coefficient (Wildman–Crippen LogP) is 2.11. The molecule has 2 heteroatoms. The first kappa shape index (κ1) is 9.21. The van der Waals surface area contributed by atoms with Crippen molar-refractivity contribution in [3.8, 4) is 0 Å². The molecule has 0 radical (unpaired) electrons. The van der Waals surface area contributed by atoms with Crippen molar-refractivity contribution in [2.75, 3.05) is 0 Å². The van der Waals surface area contributed by atoms with Crippen molar-refractivity contribution in [1.29, 1.82) is 0 Å². The number of carbonyl (C=O) groups excluding carboxylic acids is 1. The van der Waals surface area contributed by atoms with Crippen LogP contribution in [0.2, 0.25) is 0 Å². The van der Waals surface area contributed by atoms with E-state index in [2.05, 4.69) is 0 Å². The molecular formula is C8H14O2. The first-order chi connectivity index (χ1) is 4.52. The van der Waals surface area contributed by atoms with Crippen molar-refractivity contribution in [2.24, 2.45) is 5.92 Å². The molecule has 0 aliphatic heterocycles. The number of allylic oxidation sites excluding steroid dienone is 2. The van der Waals surface area contributed by atoms with E-state index in [9.17, 15) is 4.79 Å². The Balaban J connectivity index is 3.82. The lowest BCUT2D eigenvalue weighted by Gasteiger charge is -2.01. The second-order valence-corrected chi connectivity index (χ2v) is 2.61. The summed E-state index contributed by atoms with van der Waals surface area (Å²) in [6.45, 7) is 7.25. The van der Waals surface area contributed by atoms with Gasteiger partial charge in [0.1, 0.15) is 5.76 Å². The molecule has 2 nitrogen and oxygen atoms in total. The molecule has 0 rings (SSSR count). The van der Waals surface area contributed by atoms with E-state index in [1.807, 2.05) is 19.9 Å². The summed E-state index contributed by atoms with van der Waals surface area (Å²) >= 11 is 0. The fourth-order valence-corrected chi connectivity index (χ4v) is 0.730. The van der Waals surface area contributed by atoms with Crippen LogP contribution in [0.1, 0.15) is 27.7 Å². The molecule has 0 aromatic rings. The molecule has 0 aromatic carbocycles. The largest absolute Gasteiger partial charge is 0.432 e. The van der Waals surface area contributed by atoms with Crippen LogP contribution in [0.4, 0.5) is 0 Å². The Labute approximate surface area is 61.9 Å². The molecule has 0 saturated heterocycles. The summed E-state index contributed by atoms with van der Waals surface area (Å²) in [5.41, 5.74) is 0. The minimum absolute atomic E-state index is 0.255. The predicted molar refractivity (Wildman–Crippen MR) is 40.4 cm³/mol. The fourth-order valence-electron chi connectivity index (χ4n) is 0.730. The third-order valence-electron chi connectivity index (χ3n) is 0.873. The Morgan fingerprint density at radius 3 is 2.20 bits per heavy atom. The Kier molecular flexibility index (Phi) is 3.77. The molecule has 0 fully saturated rings. The van der Waals surface area contributed by atoms with Crippen LogP contribution < -0.4 is 0 Å². The molecule has 0 atom stereocenters. The minimum Gasteiger partial charge on any atom is -0.432 e. The summed E-state index contributed by atoms with van der Waals surface area (Å²) in [5, 5.41) is 0. The minimum atomic E-state index is -0.255. The zero-order valence-corrected chi connectivity index (χ0v) is 6.97. The lowest BCUT2D eigenvalue weighted by Crippen LogP contribution is -1.96. The normalized spacial score (nSPS) is 11.9. The van der Waals surface area contributed by atoms with Gasteiger partial charge in [-0.25, -0.2) is 0 Å². The SMILES string of the molecule is CC(=O)OC(C)=CC(C)C. The molecule has 58 valence electrons. The van der Waals surface area contributed by atoms with Gasteiger partial charge < -0.3 is 4.74 Å². The molecule has 0 heterocycles. The molecule has 0 spiro atoms. The summed E-state index contributed by atoms with van der Waals surface area (Å²) in [7, 11) is 0. The molecule has 0 amide bonds. The number of carbonyl (C=O) groups is 1. The summed E-state index contributed by atoms with van der Waals surface area (Å²) < 4.78 is 4.78. The molecule has 0 aliphatic carbocycles. The number of rotatable bonds is 2. The molecule has 0 N–H and O–H groups in total. The molecule has 0 aliphatic rings. The second kappa shape index (κ2) is 4.09. The van der Waals surface area contributed by atoms with E-state index in [0.717, 1.165) is 0 Å². The van der Waals surface area contributed by atoms with E-state index in [0.29, 0.717) is 11.7 Å². The average Bonchev–Trinajstić information content (AvgIpc) is 1.58. The van der Waals surface area contributed by atoms with E-state index in [1.165, 1.54) is 6.92 Å². The van der Waals surface area contributed by atoms with Crippen molar-refractivity contribution in [2.45, 2.75) is 27.7 Å². The smallest absolute Gasteiger partial charge is 0.307 e. The topological polar surface area (TPSA) is 26.3 Å². The number of esters is 1.